The Labute approximate surface area is 197 Å². The number of amides is 2. The standard InChI is InChI=1S/C25H29N7O2/c26-10-18-2-1-5-30(22(18)33)11-16-6-24(7-16)12-31(13-24)23(34)32-14-25(15-32)8-19(9-25)21-27-20(28-29-21)17-3-4-17/h1-2,5,16-17,19H,3-4,6-9,11-15H2,(H,27,28,29). The van der Waals surface area contributed by atoms with Gasteiger partial charge in [-0.05, 0) is 56.6 Å². The number of carbonyl (C=O) groups is 1. The number of H-pyrrole nitrogens is 1. The van der Waals surface area contributed by atoms with Gasteiger partial charge >= 0.3 is 6.03 Å². The van der Waals surface area contributed by atoms with E-state index in [2.05, 4.69) is 10.2 Å². The van der Waals surface area contributed by atoms with Gasteiger partial charge in [-0.25, -0.2) is 9.78 Å². The van der Waals surface area contributed by atoms with E-state index in [1.165, 1.54) is 12.8 Å². The Morgan fingerprint density at radius 2 is 1.76 bits per heavy atom. The van der Waals surface area contributed by atoms with E-state index in [1.54, 1.807) is 22.9 Å². The minimum atomic E-state index is -0.201. The zero-order valence-electron chi connectivity index (χ0n) is 19.2. The van der Waals surface area contributed by atoms with Gasteiger partial charge in [0.2, 0.25) is 0 Å². The largest absolute Gasteiger partial charge is 0.323 e. The highest BCUT2D eigenvalue weighted by Crippen LogP contribution is 2.57. The van der Waals surface area contributed by atoms with Gasteiger partial charge in [0.05, 0.1) is 0 Å². The van der Waals surface area contributed by atoms with Crippen molar-refractivity contribution >= 4 is 6.03 Å². The molecule has 2 amide bonds. The van der Waals surface area contributed by atoms with Crippen molar-refractivity contribution < 1.29 is 4.79 Å². The molecule has 5 aliphatic rings. The van der Waals surface area contributed by atoms with Crippen molar-refractivity contribution in [1.82, 2.24) is 29.5 Å². The molecule has 2 spiro atoms. The molecule has 2 aromatic heterocycles. The molecule has 4 heterocycles. The highest BCUT2D eigenvalue weighted by molar-refractivity contribution is 5.77. The summed E-state index contributed by atoms with van der Waals surface area (Å²) in [4.78, 5) is 33.9. The third kappa shape index (κ3) is 3.11. The quantitative estimate of drug-likeness (QED) is 0.755. The molecule has 9 heteroatoms. The van der Waals surface area contributed by atoms with E-state index in [0.717, 1.165) is 63.5 Å². The van der Waals surface area contributed by atoms with Crippen LogP contribution in [0, 0.1) is 28.1 Å². The highest BCUT2D eigenvalue weighted by Gasteiger charge is 2.58. The van der Waals surface area contributed by atoms with Gasteiger partial charge < -0.3 is 14.4 Å². The number of aromatic amines is 1. The summed E-state index contributed by atoms with van der Waals surface area (Å²) in [5.41, 5.74) is 0.528. The summed E-state index contributed by atoms with van der Waals surface area (Å²) >= 11 is 0. The number of rotatable bonds is 4. The van der Waals surface area contributed by atoms with Gasteiger partial charge in [-0.1, -0.05) is 0 Å². The first-order chi connectivity index (χ1) is 16.4. The summed E-state index contributed by atoms with van der Waals surface area (Å²) in [6, 6.07) is 5.49. The van der Waals surface area contributed by atoms with Gasteiger partial charge in [-0.3, -0.25) is 9.89 Å². The number of likely N-dealkylation sites (tertiary alicyclic amines) is 2. The Kier molecular flexibility index (Phi) is 4.13. The monoisotopic (exact) mass is 459 g/mol. The van der Waals surface area contributed by atoms with E-state index in [4.69, 9.17) is 10.2 Å². The maximum atomic E-state index is 12.9. The summed E-state index contributed by atoms with van der Waals surface area (Å²) in [5, 5.41) is 16.6. The summed E-state index contributed by atoms with van der Waals surface area (Å²) < 4.78 is 1.66. The van der Waals surface area contributed by atoms with E-state index in [9.17, 15) is 9.59 Å². The molecule has 1 N–H and O–H groups in total. The van der Waals surface area contributed by atoms with Crippen LogP contribution in [0.3, 0.4) is 0 Å². The Morgan fingerprint density at radius 1 is 1.09 bits per heavy atom. The number of hydrogen-bond acceptors (Lipinski definition) is 5. The molecule has 0 radical (unpaired) electrons. The molecule has 0 bridgehead atoms. The van der Waals surface area contributed by atoms with Crippen molar-refractivity contribution in [3.05, 3.63) is 45.9 Å². The van der Waals surface area contributed by atoms with E-state index in [1.807, 2.05) is 15.9 Å². The normalized spacial score (nSPS) is 24.8. The lowest BCUT2D eigenvalue weighted by Gasteiger charge is -2.63. The van der Waals surface area contributed by atoms with Crippen LogP contribution in [-0.4, -0.2) is 61.8 Å². The zero-order valence-corrected chi connectivity index (χ0v) is 19.2. The minimum absolute atomic E-state index is 0.190. The SMILES string of the molecule is N#Cc1cccn(CC2CC3(C2)CN(C(=O)N2CC4(CC(c5n[nH]c(C6CC6)n5)C4)C2)C3)c1=O. The van der Waals surface area contributed by atoms with Crippen LogP contribution in [-0.2, 0) is 6.54 Å². The van der Waals surface area contributed by atoms with Crippen molar-refractivity contribution in [2.24, 2.45) is 16.7 Å². The molecule has 3 aliphatic carbocycles. The molecule has 5 fully saturated rings. The average Bonchev–Trinajstić information content (AvgIpc) is 3.45. The predicted molar refractivity (Wildman–Crippen MR) is 122 cm³/mol. The third-order valence-electron chi connectivity index (χ3n) is 8.89. The Bertz CT molecular complexity index is 1240. The molecule has 2 saturated heterocycles. The van der Waals surface area contributed by atoms with Crippen molar-refractivity contribution in [2.45, 2.75) is 56.9 Å². The van der Waals surface area contributed by atoms with Gasteiger partial charge in [-0.15, -0.1) is 0 Å². The van der Waals surface area contributed by atoms with Crippen LogP contribution >= 0.6 is 0 Å². The molecule has 9 nitrogen and oxygen atoms in total. The van der Waals surface area contributed by atoms with E-state index >= 15 is 0 Å². The molecule has 3 saturated carbocycles. The summed E-state index contributed by atoms with van der Waals surface area (Å²) in [7, 11) is 0. The second-order valence-electron chi connectivity index (χ2n) is 11.7. The molecule has 2 aromatic rings. The first-order valence-electron chi connectivity index (χ1n) is 12.5. The molecule has 7 rings (SSSR count). The number of hydrogen-bond donors (Lipinski definition) is 1. The summed E-state index contributed by atoms with van der Waals surface area (Å²) in [5.74, 6) is 3.54. The maximum absolute atomic E-state index is 12.9. The second-order valence-corrected chi connectivity index (χ2v) is 11.7. The molecule has 0 unspecified atom stereocenters. The van der Waals surface area contributed by atoms with Crippen molar-refractivity contribution in [3.8, 4) is 6.07 Å². The molecule has 0 aromatic carbocycles. The lowest BCUT2D eigenvalue weighted by molar-refractivity contribution is -0.103. The molecule has 0 atom stereocenters. The van der Waals surface area contributed by atoms with Crippen molar-refractivity contribution in [1.29, 1.82) is 5.26 Å². The van der Waals surface area contributed by atoms with Crippen molar-refractivity contribution in [3.63, 3.8) is 0 Å². The predicted octanol–water partition coefficient (Wildman–Crippen LogP) is 2.43. The fraction of sp³-hybridized carbons (Fsp3) is 0.640. The van der Waals surface area contributed by atoms with E-state index < -0.39 is 0 Å². The second kappa shape index (κ2) is 6.94. The van der Waals surface area contributed by atoms with Crippen LogP contribution in [0.5, 0.6) is 0 Å². The van der Waals surface area contributed by atoms with E-state index in [-0.39, 0.29) is 28.0 Å². The van der Waals surface area contributed by atoms with Gasteiger partial charge in [0.1, 0.15) is 17.5 Å². The van der Waals surface area contributed by atoms with Crippen LogP contribution in [0.15, 0.2) is 23.1 Å². The molecule has 176 valence electrons. The zero-order chi connectivity index (χ0) is 23.1. The molecular weight excluding hydrogens is 430 g/mol. The number of urea groups is 1. The number of nitrogens with one attached hydrogen (secondary N) is 1. The Hall–Kier alpha value is -3.15. The first-order valence-corrected chi connectivity index (χ1v) is 12.5. The molecule has 2 aliphatic heterocycles. The van der Waals surface area contributed by atoms with Crippen molar-refractivity contribution in [2.75, 3.05) is 26.2 Å². The van der Waals surface area contributed by atoms with Crippen LogP contribution in [0.4, 0.5) is 4.79 Å². The fourth-order valence-electron chi connectivity index (χ4n) is 7.03. The minimum Gasteiger partial charge on any atom is -0.323 e. The van der Waals surface area contributed by atoms with Crippen LogP contribution in [0.1, 0.15) is 67.6 Å². The third-order valence-corrected chi connectivity index (χ3v) is 8.89. The Balaban J connectivity index is 0.863. The number of nitriles is 1. The smallest absolute Gasteiger partial charge is 0.320 e. The summed E-state index contributed by atoms with van der Waals surface area (Å²) in [6.07, 6.45) is 8.51. The first kappa shape index (κ1) is 20.2. The maximum Gasteiger partial charge on any atom is 0.320 e. The van der Waals surface area contributed by atoms with Crippen LogP contribution in [0.2, 0.25) is 0 Å². The lowest BCUT2D eigenvalue weighted by Crippen LogP contribution is -2.71. The lowest BCUT2D eigenvalue weighted by atomic mass is 9.57. The fourth-order valence-corrected chi connectivity index (χ4v) is 7.03. The highest BCUT2D eigenvalue weighted by atomic mass is 16.2. The van der Waals surface area contributed by atoms with Gasteiger partial charge in [0, 0.05) is 61.6 Å². The Morgan fingerprint density at radius 3 is 2.41 bits per heavy atom. The number of pyridine rings is 1. The van der Waals surface area contributed by atoms with E-state index in [0.29, 0.717) is 24.3 Å². The van der Waals surface area contributed by atoms with Crippen LogP contribution in [0.25, 0.3) is 0 Å². The van der Waals surface area contributed by atoms with Gasteiger partial charge in [-0.2, -0.15) is 10.4 Å². The van der Waals surface area contributed by atoms with Gasteiger partial charge in [0.25, 0.3) is 5.56 Å². The number of carbonyl (C=O) groups excluding carboxylic acids is 1. The van der Waals surface area contributed by atoms with Gasteiger partial charge in [0.15, 0.2) is 5.82 Å². The molecular formula is C25H29N7O2. The summed E-state index contributed by atoms with van der Waals surface area (Å²) in [6.45, 7) is 4.07. The average molecular weight is 460 g/mol. The topological polar surface area (TPSA) is 111 Å². The molecule has 34 heavy (non-hydrogen) atoms. The number of aromatic nitrogens is 4. The van der Waals surface area contributed by atoms with Crippen LogP contribution < -0.4 is 5.56 Å². The number of nitrogens with zero attached hydrogens (tertiary/aromatic N) is 6.